The molecule has 0 heterocycles. The molecule has 0 aliphatic carbocycles. The molecule has 0 saturated carbocycles. The fourth-order valence-electron chi connectivity index (χ4n) is 1.57. The van der Waals surface area contributed by atoms with Crippen LogP contribution in [0, 0.1) is 6.92 Å². The van der Waals surface area contributed by atoms with Crippen molar-refractivity contribution >= 4 is 11.8 Å². The van der Waals surface area contributed by atoms with Crippen molar-refractivity contribution in [2.24, 2.45) is 0 Å². The first-order valence-corrected chi connectivity index (χ1v) is 6.20. The first kappa shape index (κ1) is 15.2. The second-order valence-electron chi connectivity index (χ2n) is 4.22. The Morgan fingerprint density at radius 1 is 1.16 bits per heavy atom. The SMILES string of the molecule is COCCNC(=O)CC(=O)NCc1ccccc1C. The molecule has 0 saturated heterocycles. The summed E-state index contributed by atoms with van der Waals surface area (Å²) >= 11 is 0. The van der Waals surface area contributed by atoms with Crippen LogP contribution in [0.2, 0.25) is 0 Å². The van der Waals surface area contributed by atoms with Crippen LogP contribution in [-0.4, -0.2) is 32.1 Å². The Hall–Kier alpha value is -1.88. The maximum Gasteiger partial charge on any atom is 0.229 e. The minimum absolute atomic E-state index is 0.157. The lowest BCUT2D eigenvalue weighted by Gasteiger charge is -2.08. The highest BCUT2D eigenvalue weighted by Gasteiger charge is 2.08. The summed E-state index contributed by atoms with van der Waals surface area (Å²) in [6, 6.07) is 7.81. The molecule has 0 aromatic heterocycles. The van der Waals surface area contributed by atoms with Gasteiger partial charge in [-0.15, -0.1) is 0 Å². The maximum absolute atomic E-state index is 11.6. The fourth-order valence-corrected chi connectivity index (χ4v) is 1.57. The molecule has 104 valence electrons. The monoisotopic (exact) mass is 264 g/mol. The number of hydrogen-bond donors (Lipinski definition) is 2. The number of rotatable bonds is 7. The van der Waals surface area contributed by atoms with Crippen LogP contribution in [0.3, 0.4) is 0 Å². The number of methoxy groups -OCH3 is 1. The smallest absolute Gasteiger partial charge is 0.229 e. The van der Waals surface area contributed by atoms with Crippen molar-refractivity contribution in [2.75, 3.05) is 20.3 Å². The Morgan fingerprint density at radius 2 is 1.84 bits per heavy atom. The molecule has 1 aromatic rings. The van der Waals surface area contributed by atoms with Crippen LogP contribution in [-0.2, 0) is 20.9 Å². The zero-order valence-corrected chi connectivity index (χ0v) is 11.4. The van der Waals surface area contributed by atoms with Gasteiger partial charge in [-0.05, 0) is 18.1 Å². The van der Waals surface area contributed by atoms with Crippen LogP contribution in [0.15, 0.2) is 24.3 Å². The fraction of sp³-hybridized carbons (Fsp3) is 0.429. The minimum atomic E-state index is -0.292. The first-order chi connectivity index (χ1) is 9.13. The van der Waals surface area contributed by atoms with Gasteiger partial charge in [-0.3, -0.25) is 9.59 Å². The molecule has 0 unspecified atom stereocenters. The number of carbonyl (C=O) groups is 2. The van der Waals surface area contributed by atoms with E-state index in [1.54, 1.807) is 7.11 Å². The highest BCUT2D eigenvalue weighted by molar-refractivity contribution is 5.96. The van der Waals surface area contributed by atoms with Crippen molar-refractivity contribution < 1.29 is 14.3 Å². The molecular formula is C14H20N2O3. The van der Waals surface area contributed by atoms with E-state index in [4.69, 9.17) is 4.74 Å². The van der Waals surface area contributed by atoms with E-state index in [1.807, 2.05) is 31.2 Å². The van der Waals surface area contributed by atoms with Crippen LogP contribution in [0.4, 0.5) is 0 Å². The number of ether oxygens (including phenoxy) is 1. The first-order valence-electron chi connectivity index (χ1n) is 6.20. The molecule has 1 rings (SSSR count). The van der Waals surface area contributed by atoms with Gasteiger partial charge >= 0.3 is 0 Å². The van der Waals surface area contributed by atoms with E-state index in [0.717, 1.165) is 11.1 Å². The van der Waals surface area contributed by atoms with Crippen LogP contribution in [0.25, 0.3) is 0 Å². The number of amides is 2. The lowest BCUT2D eigenvalue weighted by Crippen LogP contribution is -2.33. The summed E-state index contributed by atoms with van der Waals surface area (Å²) in [7, 11) is 1.56. The Kier molecular flexibility index (Phi) is 6.60. The summed E-state index contributed by atoms with van der Waals surface area (Å²) in [5, 5.41) is 5.33. The summed E-state index contributed by atoms with van der Waals surface area (Å²) in [6.07, 6.45) is -0.157. The number of carbonyl (C=O) groups excluding carboxylic acids is 2. The largest absolute Gasteiger partial charge is 0.383 e. The number of benzene rings is 1. The third kappa shape index (κ3) is 6.01. The molecule has 0 fully saturated rings. The van der Waals surface area contributed by atoms with Gasteiger partial charge in [0.05, 0.1) is 6.61 Å². The predicted molar refractivity (Wildman–Crippen MR) is 72.5 cm³/mol. The molecule has 1 aromatic carbocycles. The number of nitrogens with one attached hydrogen (secondary N) is 2. The van der Waals surface area contributed by atoms with Gasteiger partial charge < -0.3 is 15.4 Å². The molecule has 2 amide bonds. The summed E-state index contributed by atoms with van der Waals surface area (Å²) in [5.41, 5.74) is 2.17. The van der Waals surface area contributed by atoms with Gasteiger partial charge in [-0.2, -0.15) is 0 Å². The highest BCUT2D eigenvalue weighted by atomic mass is 16.5. The van der Waals surface area contributed by atoms with Crippen molar-refractivity contribution in [3.05, 3.63) is 35.4 Å². The molecule has 2 N–H and O–H groups in total. The van der Waals surface area contributed by atoms with Crippen LogP contribution >= 0.6 is 0 Å². The molecule has 5 nitrogen and oxygen atoms in total. The zero-order chi connectivity index (χ0) is 14.1. The van der Waals surface area contributed by atoms with E-state index in [1.165, 1.54) is 0 Å². The highest BCUT2D eigenvalue weighted by Crippen LogP contribution is 2.05. The van der Waals surface area contributed by atoms with Crippen LogP contribution in [0.1, 0.15) is 17.5 Å². The van der Waals surface area contributed by atoms with Gasteiger partial charge in [0.25, 0.3) is 0 Å². The van der Waals surface area contributed by atoms with Crippen molar-refractivity contribution in [1.29, 1.82) is 0 Å². The summed E-state index contributed by atoms with van der Waals surface area (Å²) in [4.78, 5) is 22.9. The number of aryl methyl sites for hydroxylation is 1. The molecule has 0 atom stereocenters. The van der Waals surface area contributed by atoms with Crippen molar-refractivity contribution in [3.63, 3.8) is 0 Å². The Balaban J connectivity index is 2.28. The normalized spacial score (nSPS) is 10.0. The third-order valence-electron chi connectivity index (χ3n) is 2.69. The summed E-state index contributed by atoms with van der Waals surface area (Å²) in [5.74, 6) is -0.572. The van der Waals surface area contributed by atoms with E-state index in [-0.39, 0.29) is 18.2 Å². The van der Waals surface area contributed by atoms with Crippen LogP contribution < -0.4 is 10.6 Å². The van der Waals surface area contributed by atoms with E-state index < -0.39 is 0 Å². The van der Waals surface area contributed by atoms with Crippen LogP contribution in [0.5, 0.6) is 0 Å². The van der Waals surface area contributed by atoms with Gasteiger partial charge in [0, 0.05) is 20.2 Å². The Labute approximate surface area is 113 Å². The second-order valence-corrected chi connectivity index (χ2v) is 4.22. The quantitative estimate of drug-likeness (QED) is 0.564. The topological polar surface area (TPSA) is 67.4 Å². The van der Waals surface area contributed by atoms with Crippen molar-refractivity contribution in [2.45, 2.75) is 19.9 Å². The third-order valence-corrected chi connectivity index (χ3v) is 2.69. The summed E-state index contributed by atoms with van der Waals surface area (Å²) < 4.78 is 4.80. The molecular weight excluding hydrogens is 244 g/mol. The van der Waals surface area contributed by atoms with Gasteiger partial charge in [0.2, 0.25) is 11.8 Å². The van der Waals surface area contributed by atoms with E-state index in [0.29, 0.717) is 19.7 Å². The molecule has 0 radical (unpaired) electrons. The van der Waals surface area contributed by atoms with E-state index >= 15 is 0 Å². The molecule has 0 aliphatic heterocycles. The van der Waals surface area contributed by atoms with E-state index in [2.05, 4.69) is 10.6 Å². The molecule has 0 spiro atoms. The maximum atomic E-state index is 11.6. The van der Waals surface area contributed by atoms with Gasteiger partial charge in [-0.1, -0.05) is 24.3 Å². The lowest BCUT2D eigenvalue weighted by atomic mass is 10.1. The lowest BCUT2D eigenvalue weighted by molar-refractivity contribution is -0.129. The predicted octanol–water partition coefficient (Wildman–Crippen LogP) is 0.764. The summed E-state index contributed by atoms with van der Waals surface area (Å²) in [6.45, 7) is 3.28. The van der Waals surface area contributed by atoms with Gasteiger partial charge in [-0.25, -0.2) is 0 Å². The number of hydrogen-bond acceptors (Lipinski definition) is 3. The second kappa shape index (κ2) is 8.26. The average Bonchev–Trinajstić information content (AvgIpc) is 2.38. The van der Waals surface area contributed by atoms with E-state index in [9.17, 15) is 9.59 Å². The average molecular weight is 264 g/mol. The Morgan fingerprint density at radius 3 is 2.53 bits per heavy atom. The molecule has 19 heavy (non-hydrogen) atoms. The van der Waals surface area contributed by atoms with Crippen molar-refractivity contribution in [3.8, 4) is 0 Å². The molecule has 0 bridgehead atoms. The van der Waals surface area contributed by atoms with Gasteiger partial charge in [0.1, 0.15) is 6.42 Å². The van der Waals surface area contributed by atoms with Gasteiger partial charge in [0.15, 0.2) is 0 Å². The van der Waals surface area contributed by atoms with Crippen molar-refractivity contribution in [1.82, 2.24) is 10.6 Å². The minimum Gasteiger partial charge on any atom is -0.383 e. The molecule has 0 aliphatic rings. The molecule has 5 heteroatoms. The zero-order valence-electron chi connectivity index (χ0n) is 11.4. The Bertz CT molecular complexity index is 432. The standard InChI is InChI=1S/C14H20N2O3/c1-11-5-3-4-6-12(11)10-16-14(18)9-13(17)15-7-8-19-2/h3-6H,7-10H2,1-2H3,(H,15,17)(H,16,18).